The van der Waals surface area contributed by atoms with Crippen LogP contribution in [-0.2, 0) is 0 Å². The third kappa shape index (κ3) is 2.48. The van der Waals surface area contributed by atoms with Gasteiger partial charge in [0.15, 0.2) is 0 Å². The summed E-state index contributed by atoms with van der Waals surface area (Å²) in [7, 11) is 0. The Morgan fingerprint density at radius 3 is 2.50 bits per heavy atom. The number of piperazine rings is 1. The minimum atomic E-state index is -0.273. The van der Waals surface area contributed by atoms with Crippen molar-refractivity contribution < 1.29 is 4.92 Å². The van der Waals surface area contributed by atoms with Crippen molar-refractivity contribution in [3.05, 3.63) is 33.9 Å². The first kappa shape index (κ1) is 13.3. The van der Waals surface area contributed by atoms with Crippen LogP contribution in [0.25, 0.3) is 0 Å². The van der Waals surface area contributed by atoms with Gasteiger partial charge in [0, 0.05) is 51.4 Å². The summed E-state index contributed by atoms with van der Waals surface area (Å²) in [6.07, 6.45) is 0. The van der Waals surface area contributed by atoms with Crippen LogP contribution in [-0.4, -0.2) is 55.1 Å². The quantitative estimate of drug-likeness (QED) is 0.659. The van der Waals surface area contributed by atoms with Crippen molar-refractivity contribution in [2.75, 3.05) is 44.2 Å². The van der Waals surface area contributed by atoms with Gasteiger partial charge in [-0.2, -0.15) is 0 Å². The van der Waals surface area contributed by atoms with E-state index in [1.165, 1.54) is 0 Å². The molecule has 2 heterocycles. The van der Waals surface area contributed by atoms with Crippen molar-refractivity contribution in [2.45, 2.75) is 13.0 Å². The molecule has 0 aliphatic carbocycles. The van der Waals surface area contributed by atoms with Crippen molar-refractivity contribution in [2.24, 2.45) is 0 Å². The molecule has 2 aliphatic rings. The molecule has 20 heavy (non-hydrogen) atoms. The summed E-state index contributed by atoms with van der Waals surface area (Å²) in [5.74, 6) is 0. The van der Waals surface area contributed by atoms with Crippen LogP contribution < -0.4 is 10.2 Å². The summed E-state index contributed by atoms with van der Waals surface area (Å²) in [6, 6.07) is 6.15. The monoisotopic (exact) mass is 276 g/mol. The molecule has 0 bridgehead atoms. The maximum atomic E-state index is 11.2. The van der Waals surface area contributed by atoms with Gasteiger partial charge in [0.05, 0.1) is 4.92 Å². The van der Waals surface area contributed by atoms with Gasteiger partial charge in [0.2, 0.25) is 0 Å². The highest BCUT2D eigenvalue weighted by atomic mass is 16.6. The van der Waals surface area contributed by atoms with Crippen LogP contribution in [0, 0.1) is 17.0 Å². The van der Waals surface area contributed by atoms with Gasteiger partial charge in [0.25, 0.3) is 5.69 Å². The lowest BCUT2D eigenvalue weighted by Crippen LogP contribution is -2.61. The number of nitro benzene ring substituents is 1. The van der Waals surface area contributed by atoms with Crippen LogP contribution in [0.4, 0.5) is 11.4 Å². The molecule has 2 fully saturated rings. The van der Waals surface area contributed by atoms with E-state index >= 15 is 0 Å². The fourth-order valence-corrected chi connectivity index (χ4v) is 2.91. The molecule has 108 valence electrons. The standard InChI is InChI=1S/C14H20N4O2/c1-11-2-3-13(14(8-11)18(19)20)17-6-4-16(5-7-17)12-9-15-10-12/h2-3,8,12,15H,4-7,9-10H2,1H3. The third-order valence-corrected chi connectivity index (χ3v) is 4.26. The Labute approximate surface area is 118 Å². The van der Waals surface area contributed by atoms with Crippen molar-refractivity contribution in [1.82, 2.24) is 10.2 Å². The van der Waals surface area contributed by atoms with Crippen molar-refractivity contribution in [3.8, 4) is 0 Å². The van der Waals surface area contributed by atoms with Crippen LogP contribution in [0.2, 0.25) is 0 Å². The molecule has 0 aromatic heterocycles. The number of benzene rings is 1. The fourth-order valence-electron chi connectivity index (χ4n) is 2.91. The molecular weight excluding hydrogens is 256 g/mol. The Morgan fingerprint density at radius 1 is 1.25 bits per heavy atom. The molecule has 2 aliphatic heterocycles. The highest BCUT2D eigenvalue weighted by Crippen LogP contribution is 2.30. The number of nitro groups is 1. The van der Waals surface area contributed by atoms with Crippen LogP contribution in [0.5, 0.6) is 0 Å². The van der Waals surface area contributed by atoms with E-state index in [0.717, 1.165) is 50.5 Å². The molecule has 0 unspecified atom stereocenters. The minimum absolute atomic E-state index is 0.226. The number of nitrogens with zero attached hydrogens (tertiary/aromatic N) is 3. The van der Waals surface area contributed by atoms with E-state index in [9.17, 15) is 10.1 Å². The van der Waals surface area contributed by atoms with Crippen LogP contribution in [0.3, 0.4) is 0 Å². The number of anilines is 1. The zero-order valence-electron chi connectivity index (χ0n) is 11.7. The predicted octanol–water partition coefficient (Wildman–Crippen LogP) is 0.997. The normalized spacial score (nSPS) is 20.8. The molecule has 6 heteroatoms. The van der Waals surface area contributed by atoms with Gasteiger partial charge in [-0.1, -0.05) is 6.07 Å². The van der Waals surface area contributed by atoms with E-state index in [-0.39, 0.29) is 10.6 Å². The molecule has 0 spiro atoms. The summed E-state index contributed by atoms with van der Waals surface area (Å²) in [6.45, 7) is 7.73. The van der Waals surface area contributed by atoms with Gasteiger partial charge in [-0.25, -0.2) is 0 Å². The first-order valence-electron chi connectivity index (χ1n) is 7.10. The number of hydrogen-bond donors (Lipinski definition) is 1. The highest BCUT2D eigenvalue weighted by molar-refractivity contribution is 5.64. The van der Waals surface area contributed by atoms with Crippen molar-refractivity contribution >= 4 is 11.4 Å². The Kier molecular flexibility index (Phi) is 3.58. The number of nitrogens with one attached hydrogen (secondary N) is 1. The Hall–Kier alpha value is -1.66. The van der Waals surface area contributed by atoms with E-state index in [1.54, 1.807) is 6.07 Å². The Bertz CT molecular complexity index is 508. The average Bonchev–Trinajstić information content (AvgIpc) is 2.38. The minimum Gasteiger partial charge on any atom is -0.363 e. The lowest BCUT2D eigenvalue weighted by molar-refractivity contribution is -0.384. The second-order valence-electron chi connectivity index (χ2n) is 5.58. The zero-order valence-corrected chi connectivity index (χ0v) is 11.7. The molecule has 2 saturated heterocycles. The van der Waals surface area contributed by atoms with E-state index in [0.29, 0.717) is 6.04 Å². The summed E-state index contributed by atoms with van der Waals surface area (Å²) >= 11 is 0. The van der Waals surface area contributed by atoms with Gasteiger partial charge in [0.1, 0.15) is 5.69 Å². The predicted molar refractivity (Wildman–Crippen MR) is 78.3 cm³/mol. The Balaban J connectivity index is 1.72. The molecule has 3 rings (SSSR count). The smallest absolute Gasteiger partial charge is 0.292 e. The summed E-state index contributed by atoms with van der Waals surface area (Å²) in [4.78, 5) is 15.5. The molecule has 6 nitrogen and oxygen atoms in total. The first-order valence-corrected chi connectivity index (χ1v) is 7.10. The average molecular weight is 276 g/mol. The Morgan fingerprint density at radius 2 is 1.95 bits per heavy atom. The van der Waals surface area contributed by atoms with Gasteiger partial charge < -0.3 is 10.2 Å². The van der Waals surface area contributed by atoms with Crippen LogP contribution in [0.1, 0.15) is 5.56 Å². The number of rotatable bonds is 3. The molecule has 1 aromatic rings. The van der Waals surface area contributed by atoms with Crippen molar-refractivity contribution in [3.63, 3.8) is 0 Å². The topological polar surface area (TPSA) is 61.6 Å². The lowest BCUT2D eigenvalue weighted by Gasteiger charge is -2.43. The second-order valence-corrected chi connectivity index (χ2v) is 5.58. The van der Waals surface area contributed by atoms with Gasteiger partial charge in [-0.05, 0) is 18.6 Å². The van der Waals surface area contributed by atoms with E-state index in [1.807, 2.05) is 19.1 Å². The largest absolute Gasteiger partial charge is 0.363 e. The SMILES string of the molecule is Cc1ccc(N2CCN(C3CNC3)CC2)c([N+](=O)[O-])c1. The molecule has 0 amide bonds. The maximum Gasteiger partial charge on any atom is 0.292 e. The molecule has 0 saturated carbocycles. The molecule has 0 radical (unpaired) electrons. The fraction of sp³-hybridized carbons (Fsp3) is 0.571. The summed E-state index contributed by atoms with van der Waals surface area (Å²) < 4.78 is 0. The highest BCUT2D eigenvalue weighted by Gasteiger charge is 2.29. The molecule has 1 N–H and O–H groups in total. The van der Waals surface area contributed by atoms with E-state index < -0.39 is 0 Å². The zero-order chi connectivity index (χ0) is 14.1. The van der Waals surface area contributed by atoms with E-state index in [4.69, 9.17) is 0 Å². The van der Waals surface area contributed by atoms with Crippen LogP contribution >= 0.6 is 0 Å². The van der Waals surface area contributed by atoms with Crippen molar-refractivity contribution in [1.29, 1.82) is 0 Å². The van der Waals surface area contributed by atoms with Gasteiger partial charge in [-0.15, -0.1) is 0 Å². The second kappa shape index (κ2) is 5.38. The number of hydrogen-bond acceptors (Lipinski definition) is 5. The molecule has 0 atom stereocenters. The molecule has 1 aromatic carbocycles. The lowest BCUT2D eigenvalue weighted by atomic mass is 10.1. The summed E-state index contributed by atoms with van der Waals surface area (Å²) in [5, 5.41) is 14.5. The summed E-state index contributed by atoms with van der Waals surface area (Å²) in [5.41, 5.74) is 1.91. The number of aryl methyl sites for hydroxylation is 1. The first-order chi connectivity index (χ1) is 9.65. The third-order valence-electron chi connectivity index (χ3n) is 4.26. The molecular formula is C14H20N4O2. The van der Waals surface area contributed by atoms with Gasteiger partial charge in [-0.3, -0.25) is 15.0 Å². The maximum absolute atomic E-state index is 11.2. The van der Waals surface area contributed by atoms with E-state index in [2.05, 4.69) is 15.1 Å². The van der Waals surface area contributed by atoms with Gasteiger partial charge >= 0.3 is 0 Å². The van der Waals surface area contributed by atoms with Crippen LogP contribution in [0.15, 0.2) is 18.2 Å².